The van der Waals surface area contributed by atoms with Crippen LogP contribution in [0.3, 0.4) is 0 Å². The zero-order valence-corrected chi connectivity index (χ0v) is 10.1. The molecular weight excluding hydrogens is 212 g/mol. The van der Waals surface area contributed by atoms with E-state index in [0.29, 0.717) is 6.42 Å². The number of rotatable bonds is 3. The summed E-state index contributed by atoms with van der Waals surface area (Å²) in [5.41, 5.74) is 3.19. The van der Waals surface area contributed by atoms with E-state index in [9.17, 15) is 5.11 Å². The lowest BCUT2D eigenvalue weighted by atomic mass is 10.1. The van der Waals surface area contributed by atoms with Crippen LogP contribution < -0.4 is 0 Å². The van der Waals surface area contributed by atoms with Crippen LogP contribution in [-0.2, 0) is 6.42 Å². The third-order valence-corrected chi connectivity index (χ3v) is 2.55. The Hall–Kier alpha value is -1.74. The highest BCUT2D eigenvalue weighted by Gasteiger charge is 2.03. The lowest BCUT2D eigenvalue weighted by molar-refractivity contribution is 0.195. The molecule has 1 aromatic carbocycles. The number of nitrogens with zero attached hydrogens (tertiary/aromatic N) is 2. The Labute approximate surface area is 101 Å². The molecule has 2 rings (SSSR count). The first-order chi connectivity index (χ1) is 8.15. The first kappa shape index (κ1) is 11.7. The molecule has 3 heteroatoms. The van der Waals surface area contributed by atoms with Crippen LogP contribution in [0.2, 0.25) is 0 Å². The molecule has 1 atom stereocenters. The molecule has 0 spiro atoms. The van der Waals surface area contributed by atoms with Gasteiger partial charge in [-0.05, 0) is 19.4 Å². The highest BCUT2D eigenvalue weighted by Crippen LogP contribution is 2.15. The summed E-state index contributed by atoms with van der Waals surface area (Å²) in [5, 5.41) is 9.27. The molecule has 3 nitrogen and oxygen atoms in total. The number of aromatic nitrogens is 2. The monoisotopic (exact) mass is 228 g/mol. The predicted octanol–water partition coefficient (Wildman–Crippen LogP) is 2.38. The van der Waals surface area contributed by atoms with Crippen molar-refractivity contribution in [2.24, 2.45) is 0 Å². The van der Waals surface area contributed by atoms with Crippen LogP contribution in [0.25, 0.3) is 11.4 Å². The largest absolute Gasteiger partial charge is 0.393 e. The molecule has 0 aliphatic carbocycles. The molecule has 88 valence electrons. The van der Waals surface area contributed by atoms with E-state index >= 15 is 0 Å². The standard InChI is InChI=1S/C14H16N2O/c1-10-3-5-13(6-4-10)14-15-8-12(9-16-14)7-11(2)17/h3-6,8-9,11,17H,7H2,1-2H3. The summed E-state index contributed by atoms with van der Waals surface area (Å²) in [6.45, 7) is 3.81. The minimum atomic E-state index is -0.358. The average Bonchev–Trinajstić information content (AvgIpc) is 2.30. The molecular formula is C14H16N2O. The van der Waals surface area contributed by atoms with E-state index < -0.39 is 0 Å². The molecule has 0 radical (unpaired) electrons. The molecule has 1 N–H and O–H groups in total. The molecule has 0 aliphatic heterocycles. The van der Waals surface area contributed by atoms with Gasteiger partial charge in [-0.2, -0.15) is 0 Å². The van der Waals surface area contributed by atoms with Gasteiger partial charge in [0.25, 0.3) is 0 Å². The van der Waals surface area contributed by atoms with E-state index in [0.717, 1.165) is 17.0 Å². The van der Waals surface area contributed by atoms with Gasteiger partial charge in [0.1, 0.15) is 0 Å². The Bertz CT molecular complexity index is 475. The molecule has 0 saturated carbocycles. The molecule has 1 heterocycles. The zero-order chi connectivity index (χ0) is 12.3. The molecule has 17 heavy (non-hydrogen) atoms. The van der Waals surface area contributed by atoms with E-state index in [4.69, 9.17) is 0 Å². The quantitative estimate of drug-likeness (QED) is 0.877. The van der Waals surface area contributed by atoms with Gasteiger partial charge in [-0.3, -0.25) is 0 Å². The Morgan fingerprint density at radius 2 is 1.71 bits per heavy atom. The zero-order valence-electron chi connectivity index (χ0n) is 10.1. The van der Waals surface area contributed by atoms with Crippen LogP contribution in [0.1, 0.15) is 18.1 Å². The summed E-state index contributed by atoms with van der Waals surface area (Å²) in [5.74, 6) is 0.722. The first-order valence-electron chi connectivity index (χ1n) is 5.71. The smallest absolute Gasteiger partial charge is 0.159 e. The fourth-order valence-corrected chi connectivity index (χ4v) is 1.65. The van der Waals surface area contributed by atoms with Gasteiger partial charge in [0.2, 0.25) is 0 Å². The van der Waals surface area contributed by atoms with Crippen molar-refractivity contribution >= 4 is 0 Å². The van der Waals surface area contributed by atoms with Gasteiger partial charge in [-0.1, -0.05) is 29.8 Å². The van der Waals surface area contributed by atoms with E-state index in [1.165, 1.54) is 5.56 Å². The van der Waals surface area contributed by atoms with Crippen molar-refractivity contribution in [3.63, 3.8) is 0 Å². The molecule has 0 bridgehead atoms. The fourth-order valence-electron chi connectivity index (χ4n) is 1.65. The van der Waals surface area contributed by atoms with Crippen LogP contribution in [-0.4, -0.2) is 21.2 Å². The number of aliphatic hydroxyl groups is 1. The summed E-state index contributed by atoms with van der Waals surface area (Å²) < 4.78 is 0. The number of hydrogen-bond acceptors (Lipinski definition) is 3. The second kappa shape index (κ2) is 5.06. The van der Waals surface area contributed by atoms with Crippen molar-refractivity contribution in [2.75, 3.05) is 0 Å². The SMILES string of the molecule is Cc1ccc(-c2ncc(CC(C)O)cn2)cc1. The highest BCUT2D eigenvalue weighted by molar-refractivity contribution is 5.54. The second-order valence-electron chi connectivity index (χ2n) is 4.33. The van der Waals surface area contributed by atoms with Gasteiger partial charge in [-0.15, -0.1) is 0 Å². The number of hydrogen-bond donors (Lipinski definition) is 1. The summed E-state index contributed by atoms with van der Waals surface area (Å²) in [4.78, 5) is 8.62. The van der Waals surface area contributed by atoms with E-state index in [-0.39, 0.29) is 6.10 Å². The molecule has 0 amide bonds. The van der Waals surface area contributed by atoms with Crippen LogP contribution in [0.15, 0.2) is 36.7 Å². The second-order valence-corrected chi connectivity index (χ2v) is 4.33. The van der Waals surface area contributed by atoms with Gasteiger partial charge in [0.15, 0.2) is 5.82 Å². The van der Waals surface area contributed by atoms with Gasteiger partial charge >= 0.3 is 0 Å². The molecule has 0 fully saturated rings. The number of aryl methyl sites for hydroxylation is 1. The lowest BCUT2D eigenvalue weighted by Crippen LogP contribution is -2.05. The van der Waals surface area contributed by atoms with Crippen molar-refractivity contribution < 1.29 is 5.11 Å². The first-order valence-corrected chi connectivity index (χ1v) is 5.71. The average molecular weight is 228 g/mol. The van der Waals surface area contributed by atoms with Gasteiger partial charge in [0, 0.05) is 24.4 Å². The van der Waals surface area contributed by atoms with Crippen LogP contribution in [0, 0.1) is 6.92 Å². The Kier molecular flexibility index (Phi) is 3.49. The Balaban J connectivity index is 2.20. The van der Waals surface area contributed by atoms with Crippen molar-refractivity contribution in [1.82, 2.24) is 9.97 Å². The minimum absolute atomic E-state index is 0.358. The third kappa shape index (κ3) is 3.11. The minimum Gasteiger partial charge on any atom is -0.393 e. The highest BCUT2D eigenvalue weighted by atomic mass is 16.3. The summed E-state index contributed by atoms with van der Waals surface area (Å²) in [6.07, 6.45) is 3.78. The number of aliphatic hydroxyl groups excluding tert-OH is 1. The van der Waals surface area contributed by atoms with Crippen LogP contribution in [0.5, 0.6) is 0 Å². The van der Waals surface area contributed by atoms with Gasteiger partial charge in [0.05, 0.1) is 6.10 Å². The van der Waals surface area contributed by atoms with Crippen molar-refractivity contribution in [3.05, 3.63) is 47.8 Å². The lowest BCUT2D eigenvalue weighted by Gasteiger charge is -2.05. The van der Waals surface area contributed by atoms with Gasteiger partial charge in [-0.25, -0.2) is 9.97 Å². The Morgan fingerprint density at radius 1 is 1.12 bits per heavy atom. The number of benzene rings is 1. The molecule has 0 saturated heterocycles. The van der Waals surface area contributed by atoms with Crippen LogP contribution in [0.4, 0.5) is 0 Å². The molecule has 0 aliphatic rings. The van der Waals surface area contributed by atoms with E-state index in [1.807, 2.05) is 24.3 Å². The maximum atomic E-state index is 9.27. The molecule has 1 unspecified atom stereocenters. The summed E-state index contributed by atoms with van der Waals surface area (Å²) in [7, 11) is 0. The van der Waals surface area contributed by atoms with Crippen molar-refractivity contribution in [3.8, 4) is 11.4 Å². The van der Waals surface area contributed by atoms with Crippen LogP contribution >= 0.6 is 0 Å². The topological polar surface area (TPSA) is 46.0 Å². The maximum Gasteiger partial charge on any atom is 0.159 e. The molecule has 1 aromatic heterocycles. The third-order valence-electron chi connectivity index (χ3n) is 2.55. The fraction of sp³-hybridized carbons (Fsp3) is 0.286. The normalized spacial score (nSPS) is 12.4. The van der Waals surface area contributed by atoms with Gasteiger partial charge < -0.3 is 5.11 Å². The summed E-state index contributed by atoms with van der Waals surface area (Å²) >= 11 is 0. The van der Waals surface area contributed by atoms with E-state index in [1.54, 1.807) is 19.3 Å². The molecule has 2 aromatic rings. The van der Waals surface area contributed by atoms with E-state index in [2.05, 4.69) is 16.9 Å². The summed E-state index contributed by atoms with van der Waals surface area (Å²) in [6, 6.07) is 8.11. The van der Waals surface area contributed by atoms with Crippen molar-refractivity contribution in [2.45, 2.75) is 26.4 Å². The van der Waals surface area contributed by atoms with Crippen molar-refractivity contribution in [1.29, 1.82) is 0 Å². The Morgan fingerprint density at radius 3 is 2.24 bits per heavy atom. The predicted molar refractivity (Wildman–Crippen MR) is 67.6 cm³/mol. The maximum absolute atomic E-state index is 9.27.